The molecule has 0 unspecified atom stereocenters. The minimum absolute atomic E-state index is 0.0741. The normalized spacial score (nSPS) is 10.9. The average molecular weight is 395 g/mol. The van der Waals surface area contributed by atoms with E-state index in [1.807, 2.05) is 0 Å². The van der Waals surface area contributed by atoms with Crippen molar-refractivity contribution in [2.45, 2.75) is 17.8 Å². The first-order valence-electron chi connectivity index (χ1n) is 7.51. The maximum Gasteiger partial charge on any atom is 0.354 e. The Balaban J connectivity index is 1.98. The molecule has 26 heavy (non-hydrogen) atoms. The molecule has 8 heteroatoms. The van der Waals surface area contributed by atoms with Crippen LogP contribution in [0, 0.1) is 18.6 Å². The summed E-state index contributed by atoms with van der Waals surface area (Å²) in [6, 6.07) is 8.29. The van der Waals surface area contributed by atoms with Gasteiger partial charge in [0.2, 0.25) is 0 Å². The Morgan fingerprint density at radius 1 is 1.23 bits per heavy atom. The predicted octanol–water partition coefficient (Wildman–Crippen LogP) is 5.10. The van der Waals surface area contributed by atoms with Crippen LogP contribution in [0.15, 0.2) is 47.8 Å². The molecule has 3 aromatic rings. The molecule has 134 valence electrons. The quantitative estimate of drug-likeness (QED) is 0.611. The molecular formula is C18H13ClF2N2O2S. The van der Waals surface area contributed by atoms with Crippen molar-refractivity contribution in [1.29, 1.82) is 0 Å². The SMILES string of the molecule is Cc1ccc(F)c(CSc2ncc(C(=O)O)n2-c2ccc(F)cc2)c1Cl. The van der Waals surface area contributed by atoms with Crippen LogP contribution in [0.1, 0.15) is 21.6 Å². The van der Waals surface area contributed by atoms with Crippen molar-refractivity contribution < 1.29 is 18.7 Å². The van der Waals surface area contributed by atoms with Gasteiger partial charge in [-0.2, -0.15) is 0 Å². The van der Waals surface area contributed by atoms with Gasteiger partial charge in [-0.05, 0) is 42.8 Å². The summed E-state index contributed by atoms with van der Waals surface area (Å²) in [7, 11) is 0. The van der Waals surface area contributed by atoms with Crippen molar-refractivity contribution in [1.82, 2.24) is 9.55 Å². The third-order valence-electron chi connectivity index (χ3n) is 3.76. The van der Waals surface area contributed by atoms with Crippen LogP contribution in [0.5, 0.6) is 0 Å². The molecule has 0 saturated heterocycles. The highest BCUT2D eigenvalue weighted by molar-refractivity contribution is 7.98. The monoisotopic (exact) mass is 394 g/mol. The number of hydrogen-bond acceptors (Lipinski definition) is 3. The summed E-state index contributed by atoms with van der Waals surface area (Å²) in [5, 5.41) is 10.0. The predicted molar refractivity (Wildman–Crippen MR) is 96.2 cm³/mol. The van der Waals surface area contributed by atoms with Crippen LogP contribution < -0.4 is 0 Å². The maximum atomic E-state index is 14.1. The number of imidazole rings is 1. The molecule has 2 aromatic carbocycles. The van der Waals surface area contributed by atoms with Gasteiger partial charge in [0.1, 0.15) is 11.6 Å². The van der Waals surface area contributed by atoms with Crippen molar-refractivity contribution in [2.75, 3.05) is 0 Å². The molecule has 0 bridgehead atoms. The van der Waals surface area contributed by atoms with Gasteiger partial charge in [0.05, 0.1) is 11.2 Å². The Hall–Kier alpha value is -2.38. The molecule has 0 spiro atoms. The molecule has 3 rings (SSSR count). The maximum absolute atomic E-state index is 14.1. The van der Waals surface area contributed by atoms with Crippen LogP contribution in [-0.2, 0) is 5.75 Å². The van der Waals surface area contributed by atoms with Crippen molar-refractivity contribution in [3.63, 3.8) is 0 Å². The molecule has 0 aliphatic carbocycles. The lowest BCUT2D eigenvalue weighted by Crippen LogP contribution is -2.07. The van der Waals surface area contributed by atoms with Crippen LogP contribution >= 0.6 is 23.4 Å². The van der Waals surface area contributed by atoms with E-state index in [2.05, 4.69) is 4.98 Å². The van der Waals surface area contributed by atoms with Crippen molar-refractivity contribution >= 4 is 29.3 Å². The molecule has 0 atom stereocenters. The van der Waals surface area contributed by atoms with Crippen LogP contribution in [0.4, 0.5) is 8.78 Å². The zero-order chi connectivity index (χ0) is 18.8. The van der Waals surface area contributed by atoms with E-state index in [0.29, 0.717) is 21.4 Å². The number of halogens is 3. The fourth-order valence-electron chi connectivity index (χ4n) is 2.41. The standard InChI is InChI=1S/C18H13ClF2N2O2S/c1-10-2-7-14(21)13(16(10)19)9-26-18-22-8-15(17(24)25)23(18)12-5-3-11(20)4-6-12/h2-8H,9H2,1H3,(H,24,25). The van der Waals surface area contributed by atoms with E-state index >= 15 is 0 Å². The second kappa shape index (κ2) is 7.47. The van der Waals surface area contributed by atoms with E-state index in [9.17, 15) is 18.7 Å². The van der Waals surface area contributed by atoms with Crippen molar-refractivity contribution in [2.24, 2.45) is 0 Å². The molecule has 1 N–H and O–H groups in total. The number of carbonyl (C=O) groups is 1. The topological polar surface area (TPSA) is 55.1 Å². The van der Waals surface area contributed by atoms with Gasteiger partial charge in [-0.1, -0.05) is 29.4 Å². The fourth-order valence-corrected chi connectivity index (χ4v) is 3.73. The second-order valence-corrected chi connectivity index (χ2v) is 6.81. The first kappa shape index (κ1) is 18.4. The summed E-state index contributed by atoms with van der Waals surface area (Å²) in [6.07, 6.45) is 1.21. The molecule has 0 aliphatic rings. The van der Waals surface area contributed by atoms with Gasteiger partial charge in [0.25, 0.3) is 0 Å². The number of nitrogens with zero attached hydrogens (tertiary/aromatic N) is 2. The van der Waals surface area contributed by atoms with Gasteiger partial charge in [-0.25, -0.2) is 18.6 Å². The number of carboxylic acid groups (broad SMARTS) is 1. The highest BCUT2D eigenvalue weighted by Crippen LogP contribution is 2.31. The van der Waals surface area contributed by atoms with E-state index in [0.717, 1.165) is 17.3 Å². The highest BCUT2D eigenvalue weighted by Gasteiger charge is 2.19. The number of benzene rings is 2. The fraction of sp³-hybridized carbons (Fsp3) is 0.111. The molecule has 4 nitrogen and oxygen atoms in total. The Morgan fingerprint density at radius 2 is 1.92 bits per heavy atom. The van der Waals surface area contributed by atoms with Gasteiger partial charge < -0.3 is 5.11 Å². The summed E-state index contributed by atoms with van der Waals surface area (Å²) in [4.78, 5) is 15.6. The number of rotatable bonds is 5. The van der Waals surface area contributed by atoms with Gasteiger partial charge in [-0.3, -0.25) is 4.57 Å². The minimum atomic E-state index is -1.17. The largest absolute Gasteiger partial charge is 0.477 e. The molecular weight excluding hydrogens is 382 g/mol. The Labute approximate surface area is 157 Å². The molecule has 1 heterocycles. The van der Waals surface area contributed by atoms with E-state index in [-0.39, 0.29) is 11.4 Å². The molecule has 0 radical (unpaired) electrons. The smallest absolute Gasteiger partial charge is 0.354 e. The number of aryl methyl sites for hydroxylation is 1. The Morgan fingerprint density at radius 3 is 2.58 bits per heavy atom. The summed E-state index contributed by atoms with van der Waals surface area (Å²) >= 11 is 7.32. The molecule has 0 aliphatic heterocycles. The Bertz CT molecular complexity index is 974. The van der Waals surface area contributed by atoms with Gasteiger partial charge in [0.15, 0.2) is 10.9 Å². The highest BCUT2D eigenvalue weighted by atomic mass is 35.5. The zero-order valence-electron chi connectivity index (χ0n) is 13.5. The molecule has 0 saturated carbocycles. The van der Waals surface area contributed by atoms with Gasteiger partial charge in [0, 0.05) is 17.0 Å². The first-order chi connectivity index (χ1) is 12.4. The summed E-state index contributed by atoms with van der Waals surface area (Å²) in [6.45, 7) is 1.78. The van der Waals surface area contributed by atoms with E-state index in [1.165, 1.54) is 41.1 Å². The van der Waals surface area contributed by atoms with Crippen LogP contribution in [0.2, 0.25) is 5.02 Å². The second-order valence-electron chi connectivity index (χ2n) is 5.49. The van der Waals surface area contributed by atoms with Crippen molar-refractivity contribution in [3.05, 3.63) is 76.1 Å². The van der Waals surface area contributed by atoms with Gasteiger partial charge in [-0.15, -0.1) is 0 Å². The summed E-state index contributed by atoms with van der Waals surface area (Å²) < 4.78 is 28.6. The van der Waals surface area contributed by atoms with E-state index in [1.54, 1.807) is 13.0 Å². The molecule has 0 fully saturated rings. The van der Waals surface area contributed by atoms with Gasteiger partial charge >= 0.3 is 5.97 Å². The van der Waals surface area contributed by atoms with Crippen LogP contribution in [0.25, 0.3) is 5.69 Å². The first-order valence-corrected chi connectivity index (χ1v) is 8.88. The third kappa shape index (κ3) is 3.59. The lowest BCUT2D eigenvalue weighted by molar-refractivity contribution is 0.0687. The van der Waals surface area contributed by atoms with Crippen LogP contribution in [0.3, 0.4) is 0 Å². The number of carboxylic acids is 1. The van der Waals surface area contributed by atoms with E-state index in [4.69, 9.17) is 11.6 Å². The number of hydrogen-bond donors (Lipinski definition) is 1. The minimum Gasteiger partial charge on any atom is -0.477 e. The summed E-state index contributed by atoms with van der Waals surface area (Å²) in [5.74, 6) is -1.88. The lowest BCUT2D eigenvalue weighted by atomic mass is 10.1. The Kier molecular flexibility index (Phi) is 5.29. The zero-order valence-corrected chi connectivity index (χ0v) is 15.1. The van der Waals surface area contributed by atoms with Crippen molar-refractivity contribution in [3.8, 4) is 5.69 Å². The number of aromatic carboxylic acids is 1. The lowest BCUT2D eigenvalue weighted by Gasteiger charge is -2.11. The van der Waals surface area contributed by atoms with Crippen LogP contribution in [-0.4, -0.2) is 20.6 Å². The summed E-state index contributed by atoms with van der Waals surface area (Å²) in [5.41, 5.74) is 1.44. The number of thioether (sulfide) groups is 1. The third-order valence-corrected chi connectivity index (χ3v) is 5.26. The number of aromatic nitrogens is 2. The average Bonchev–Trinajstić information content (AvgIpc) is 3.03. The molecule has 0 amide bonds. The molecule has 1 aromatic heterocycles. The van der Waals surface area contributed by atoms with E-state index < -0.39 is 17.6 Å².